The van der Waals surface area contributed by atoms with Crippen LogP contribution < -0.4 is 15.1 Å². The molecule has 134 valence electrons. The number of likely N-dealkylation sites (N-methyl/N-ethyl adjacent to an activating group) is 1. The van der Waals surface area contributed by atoms with Crippen LogP contribution in [0.15, 0.2) is 63.8 Å². The van der Waals surface area contributed by atoms with Crippen molar-refractivity contribution in [2.75, 3.05) is 20.8 Å². The van der Waals surface area contributed by atoms with Gasteiger partial charge in [-0.25, -0.2) is 4.79 Å². The minimum atomic E-state index is -0.428. The monoisotopic (exact) mass is 353 g/mol. The molecule has 0 unspecified atom stereocenters. The lowest BCUT2D eigenvalue weighted by Crippen LogP contribution is -2.31. The van der Waals surface area contributed by atoms with Crippen LogP contribution in [0.1, 0.15) is 5.56 Å². The number of benzene rings is 2. The van der Waals surface area contributed by atoms with Crippen LogP contribution in [0.4, 0.5) is 0 Å². The molecular formula is C20H19NO5. The molecule has 26 heavy (non-hydrogen) atoms. The smallest absolute Gasteiger partial charge is 0.336 e. The topological polar surface area (TPSA) is 69.0 Å². The average molecular weight is 353 g/mol. The van der Waals surface area contributed by atoms with Crippen molar-refractivity contribution >= 4 is 16.9 Å². The highest BCUT2D eigenvalue weighted by molar-refractivity contribution is 5.79. The van der Waals surface area contributed by atoms with E-state index in [9.17, 15) is 9.59 Å². The summed E-state index contributed by atoms with van der Waals surface area (Å²) < 4.78 is 16.0. The van der Waals surface area contributed by atoms with E-state index in [0.717, 1.165) is 16.7 Å². The van der Waals surface area contributed by atoms with Crippen LogP contribution in [-0.4, -0.2) is 31.6 Å². The molecule has 3 rings (SSSR count). The molecule has 0 radical (unpaired) electrons. The van der Waals surface area contributed by atoms with Crippen molar-refractivity contribution in [3.8, 4) is 11.5 Å². The summed E-state index contributed by atoms with van der Waals surface area (Å²) in [6.45, 7) is 0.299. The molecule has 0 aliphatic heterocycles. The lowest BCUT2D eigenvalue weighted by Gasteiger charge is -2.19. The minimum Gasteiger partial charge on any atom is -0.496 e. The highest BCUT2D eigenvalue weighted by Crippen LogP contribution is 2.20. The number of amides is 1. The second-order valence-corrected chi connectivity index (χ2v) is 5.80. The van der Waals surface area contributed by atoms with Gasteiger partial charge >= 0.3 is 5.63 Å². The fourth-order valence-electron chi connectivity index (χ4n) is 2.56. The third-order valence-electron chi connectivity index (χ3n) is 3.98. The maximum atomic E-state index is 12.3. The number of carbonyl (C=O) groups excluding carboxylic acids is 1. The lowest BCUT2D eigenvalue weighted by atomic mass is 10.2. The van der Waals surface area contributed by atoms with Crippen molar-refractivity contribution < 1.29 is 18.7 Å². The summed E-state index contributed by atoms with van der Waals surface area (Å²) in [4.78, 5) is 25.2. The molecular weight excluding hydrogens is 334 g/mol. The Bertz CT molecular complexity index is 979. The number of para-hydroxylation sites is 1. The van der Waals surface area contributed by atoms with E-state index in [4.69, 9.17) is 13.9 Å². The molecule has 3 aromatic rings. The van der Waals surface area contributed by atoms with Crippen molar-refractivity contribution in [3.63, 3.8) is 0 Å². The van der Waals surface area contributed by atoms with E-state index in [2.05, 4.69) is 0 Å². The zero-order valence-electron chi connectivity index (χ0n) is 14.6. The second-order valence-electron chi connectivity index (χ2n) is 5.80. The summed E-state index contributed by atoms with van der Waals surface area (Å²) >= 11 is 0. The molecule has 6 nitrogen and oxygen atoms in total. The van der Waals surface area contributed by atoms with Gasteiger partial charge < -0.3 is 18.8 Å². The molecule has 6 heteroatoms. The number of hydrogen-bond acceptors (Lipinski definition) is 5. The van der Waals surface area contributed by atoms with E-state index in [-0.39, 0.29) is 12.5 Å². The van der Waals surface area contributed by atoms with Crippen LogP contribution in [-0.2, 0) is 11.3 Å². The van der Waals surface area contributed by atoms with Gasteiger partial charge in [-0.3, -0.25) is 4.79 Å². The van der Waals surface area contributed by atoms with E-state index in [0.29, 0.717) is 17.9 Å². The molecule has 0 bridgehead atoms. The summed E-state index contributed by atoms with van der Waals surface area (Å²) in [6, 6.07) is 15.7. The van der Waals surface area contributed by atoms with Crippen LogP contribution in [0.2, 0.25) is 0 Å². The van der Waals surface area contributed by atoms with Gasteiger partial charge in [-0.05, 0) is 24.3 Å². The molecule has 0 aliphatic carbocycles. The van der Waals surface area contributed by atoms with Gasteiger partial charge in [0.05, 0.1) is 7.11 Å². The van der Waals surface area contributed by atoms with Gasteiger partial charge in [0.1, 0.15) is 17.1 Å². The Kier molecular flexibility index (Phi) is 5.22. The molecule has 1 amide bonds. The van der Waals surface area contributed by atoms with Crippen molar-refractivity contribution in [1.29, 1.82) is 0 Å². The van der Waals surface area contributed by atoms with Gasteiger partial charge in [0, 0.05) is 36.7 Å². The van der Waals surface area contributed by atoms with E-state index < -0.39 is 5.63 Å². The number of ether oxygens (including phenoxy) is 2. The van der Waals surface area contributed by atoms with Crippen molar-refractivity contribution in [2.24, 2.45) is 0 Å². The zero-order valence-corrected chi connectivity index (χ0v) is 14.6. The van der Waals surface area contributed by atoms with Crippen LogP contribution in [0.3, 0.4) is 0 Å². The zero-order chi connectivity index (χ0) is 18.5. The highest BCUT2D eigenvalue weighted by atomic mass is 16.5. The summed E-state index contributed by atoms with van der Waals surface area (Å²) in [5.74, 6) is 1.02. The number of methoxy groups -OCH3 is 1. The predicted octanol–water partition coefficient (Wildman–Crippen LogP) is 2.84. The number of nitrogens with zero attached hydrogens (tertiary/aromatic N) is 1. The molecule has 0 N–H and O–H groups in total. The average Bonchev–Trinajstić information content (AvgIpc) is 2.66. The Balaban J connectivity index is 1.63. The highest BCUT2D eigenvalue weighted by Gasteiger charge is 2.13. The van der Waals surface area contributed by atoms with E-state index in [1.54, 1.807) is 43.3 Å². The third-order valence-corrected chi connectivity index (χ3v) is 3.98. The van der Waals surface area contributed by atoms with Crippen LogP contribution in [0.25, 0.3) is 11.0 Å². The maximum Gasteiger partial charge on any atom is 0.336 e. The fourth-order valence-corrected chi connectivity index (χ4v) is 2.56. The molecule has 0 atom stereocenters. The number of hydrogen-bond donors (Lipinski definition) is 0. The number of carbonyl (C=O) groups is 1. The first-order valence-corrected chi connectivity index (χ1v) is 8.09. The fraction of sp³-hybridized carbons (Fsp3) is 0.200. The SMILES string of the molecule is COc1ccccc1CN(C)C(=O)COc1ccc2ccc(=O)oc2c1. The first-order valence-electron chi connectivity index (χ1n) is 8.09. The first kappa shape index (κ1) is 17.5. The lowest BCUT2D eigenvalue weighted by molar-refractivity contribution is -0.132. The van der Waals surface area contributed by atoms with Gasteiger partial charge in [-0.15, -0.1) is 0 Å². The Labute approximate surface area is 150 Å². The van der Waals surface area contributed by atoms with E-state index >= 15 is 0 Å². The minimum absolute atomic E-state index is 0.117. The molecule has 0 spiro atoms. The van der Waals surface area contributed by atoms with Gasteiger partial charge in [0.25, 0.3) is 5.91 Å². The Morgan fingerprint density at radius 1 is 1.12 bits per heavy atom. The van der Waals surface area contributed by atoms with Crippen molar-refractivity contribution in [3.05, 3.63) is 70.6 Å². The Hall–Kier alpha value is -3.28. The molecule has 2 aromatic carbocycles. The summed E-state index contributed by atoms with van der Waals surface area (Å²) in [5.41, 5.74) is 0.908. The molecule has 1 aromatic heterocycles. The van der Waals surface area contributed by atoms with Crippen molar-refractivity contribution in [2.45, 2.75) is 6.54 Å². The van der Waals surface area contributed by atoms with Crippen LogP contribution in [0.5, 0.6) is 11.5 Å². The predicted molar refractivity (Wildman–Crippen MR) is 97.4 cm³/mol. The quantitative estimate of drug-likeness (QED) is 0.638. The largest absolute Gasteiger partial charge is 0.496 e. The third kappa shape index (κ3) is 4.03. The summed E-state index contributed by atoms with van der Waals surface area (Å²) in [5, 5.41) is 0.788. The van der Waals surface area contributed by atoms with Gasteiger partial charge in [0.15, 0.2) is 6.61 Å². The van der Waals surface area contributed by atoms with Gasteiger partial charge in [-0.2, -0.15) is 0 Å². The normalized spacial score (nSPS) is 10.5. The van der Waals surface area contributed by atoms with Gasteiger partial charge in [-0.1, -0.05) is 18.2 Å². The van der Waals surface area contributed by atoms with Crippen LogP contribution >= 0.6 is 0 Å². The Morgan fingerprint density at radius 2 is 1.88 bits per heavy atom. The number of fused-ring (bicyclic) bond motifs is 1. The molecule has 1 heterocycles. The maximum absolute atomic E-state index is 12.3. The van der Waals surface area contributed by atoms with Crippen LogP contribution in [0, 0.1) is 0 Å². The standard InChI is InChI=1S/C20H19NO5/c1-21(12-15-5-3-4-6-17(15)24-2)19(22)13-25-16-9-7-14-8-10-20(23)26-18(14)11-16/h3-11H,12-13H2,1-2H3. The van der Waals surface area contributed by atoms with E-state index in [1.165, 1.54) is 6.07 Å². The summed E-state index contributed by atoms with van der Waals surface area (Å²) in [7, 11) is 3.30. The first-order chi connectivity index (χ1) is 12.6. The molecule has 0 saturated heterocycles. The van der Waals surface area contributed by atoms with Gasteiger partial charge in [0.2, 0.25) is 0 Å². The molecule has 0 fully saturated rings. The van der Waals surface area contributed by atoms with E-state index in [1.807, 2.05) is 24.3 Å². The Morgan fingerprint density at radius 3 is 2.69 bits per heavy atom. The number of rotatable bonds is 6. The second kappa shape index (κ2) is 7.74. The molecule has 0 aliphatic rings. The van der Waals surface area contributed by atoms with Crippen molar-refractivity contribution in [1.82, 2.24) is 4.90 Å². The summed E-state index contributed by atoms with van der Waals surface area (Å²) in [6.07, 6.45) is 0. The molecule has 0 saturated carbocycles.